The largest absolute Gasteiger partial charge is 0.392 e. The van der Waals surface area contributed by atoms with Crippen molar-refractivity contribution in [3.05, 3.63) is 47.2 Å². The third-order valence-electron chi connectivity index (χ3n) is 1.98. The Labute approximate surface area is 103 Å². The predicted molar refractivity (Wildman–Crippen MR) is 63.5 cm³/mol. The topological polar surface area (TPSA) is 46.0 Å². The molecular weight excluding hydrogens is 244 g/mol. The van der Waals surface area contributed by atoms with Gasteiger partial charge in [-0.05, 0) is 30.0 Å². The first-order valence-electron chi connectivity index (χ1n) is 4.64. The first-order chi connectivity index (χ1) is 7.81. The van der Waals surface area contributed by atoms with Crippen LogP contribution in [0.5, 0.6) is 0 Å². The van der Waals surface area contributed by atoms with Crippen molar-refractivity contribution in [2.45, 2.75) is 16.7 Å². The van der Waals surface area contributed by atoms with Gasteiger partial charge in [0.1, 0.15) is 0 Å². The zero-order valence-corrected chi connectivity index (χ0v) is 9.87. The fraction of sp³-hybridized carbons (Fsp3) is 0.0909. The smallest absolute Gasteiger partial charge is 0.192 e. The van der Waals surface area contributed by atoms with Crippen LogP contribution in [0, 0.1) is 0 Å². The Morgan fingerprint density at radius 2 is 1.94 bits per heavy atom. The maximum atomic E-state index is 9.24. The molecule has 0 aliphatic rings. The van der Waals surface area contributed by atoms with Gasteiger partial charge in [-0.25, -0.2) is 9.97 Å². The molecule has 0 aliphatic carbocycles. The summed E-state index contributed by atoms with van der Waals surface area (Å²) in [6.45, 7) is -0.0885. The van der Waals surface area contributed by atoms with E-state index in [1.807, 2.05) is 12.1 Å². The van der Waals surface area contributed by atoms with E-state index in [-0.39, 0.29) is 6.61 Å². The van der Waals surface area contributed by atoms with Gasteiger partial charge >= 0.3 is 0 Å². The number of hydrogen-bond acceptors (Lipinski definition) is 4. The van der Waals surface area contributed by atoms with E-state index in [0.717, 1.165) is 4.90 Å². The highest BCUT2D eigenvalue weighted by Crippen LogP contribution is 2.31. The van der Waals surface area contributed by atoms with Gasteiger partial charge in [-0.15, -0.1) is 0 Å². The summed E-state index contributed by atoms with van der Waals surface area (Å²) in [6, 6.07) is 7.24. The van der Waals surface area contributed by atoms with Crippen molar-refractivity contribution in [2.75, 3.05) is 0 Å². The summed E-state index contributed by atoms with van der Waals surface area (Å²) in [5.74, 6) is 0. The molecule has 3 nitrogen and oxygen atoms in total. The van der Waals surface area contributed by atoms with Crippen molar-refractivity contribution in [2.24, 2.45) is 0 Å². The first kappa shape index (κ1) is 11.4. The highest BCUT2D eigenvalue weighted by Gasteiger charge is 2.08. The molecule has 1 heterocycles. The lowest BCUT2D eigenvalue weighted by Crippen LogP contribution is -1.90. The third kappa shape index (κ3) is 2.52. The van der Waals surface area contributed by atoms with Crippen LogP contribution in [0.15, 0.2) is 46.7 Å². The van der Waals surface area contributed by atoms with E-state index in [2.05, 4.69) is 9.97 Å². The van der Waals surface area contributed by atoms with Gasteiger partial charge in [0.2, 0.25) is 0 Å². The van der Waals surface area contributed by atoms with Gasteiger partial charge in [0.15, 0.2) is 5.16 Å². The lowest BCUT2D eigenvalue weighted by molar-refractivity contribution is 0.279. The molecule has 2 rings (SSSR count). The molecule has 1 aromatic carbocycles. The van der Waals surface area contributed by atoms with E-state index >= 15 is 0 Å². The number of halogens is 1. The minimum atomic E-state index is -0.0885. The second-order valence-corrected chi connectivity index (χ2v) is 4.42. The molecule has 0 radical (unpaired) electrons. The minimum Gasteiger partial charge on any atom is -0.392 e. The zero-order chi connectivity index (χ0) is 11.4. The molecule has 0 atom stereocenters. The quantitative estimate of drug-likeness (QED) is 0.854. The van der Waals surface area contributed by atoms with E-state index in [1.54, 1.807) is 24.5 Å². The maximum absolute atomic E-state index is 9.24. The van der Waals surface area contributed by atoms with Crippen molar-refractivity contribution in [3.8, 4) is 0 Å². The number of benzene rings is 1. The average Bonchev–Trinajstić information content (AvgIpc) is 2.31. The lowest BCUT2D eigenvalue weighted by atomic mass is 10.2. The zero-order valence-electron chi connectivity index (χ0n) is 8.30. The SMILES string of the molecule is OCc1c(Cl)cccc1Sc1ncccn1. The Balaban J connectivity index is 2.31. The van der Waals surface area contributed by atoms with Crippen LogP contribution in [0.1, 0.15) is 5.56 Å². The normalized spacial score (nSPS) is 10.4. The van der Waals surface area contributed by atoms with Crippen molar-refractivity contribution in [3.63, 3.8) is 0 Å². The lowest BCUT2D eigenvalue weighted by Gasteiger charge is -2.07. The Kier molecular flexibility index (Phi) is 3.77. The van der Waals surface area contributed by atoms with Gasteiger partial charge in [0.25, 0.3) is 0 Å². The monoisotopic (exact) mass is 252 g/mol. The van der Waals surface area contributed by atoms with E-state index < -0.39 is 0 Å². The van der Waals surface area contributed by atoms with Crippen LogP contribution in [-0.2, 0) is 6.61 Å². The highest BCUT2D eigenvalue weighted by molar-refractivity contribution is 7.99. The molecule has 0 spiro atoms. The van der Waals surface area contributed by atoms with Crippen LogP contribution in [-0.4, -0.2) is 15.1 Å². The van der Waals surface area contributed by atoms with E-state index in [4.69, 9.17) is 11.6 Å². The Morgan fingerprint density at radius 3 is 2.62 bits per heavy atom. The summed E-state index contributed by atoms with van der Waals surface area (Å²) >= 11 is 7.37. The molecule has 0 unspecified atom stereocenters. The summed E-state index contributed by atoms with van der Waals surface area (Å²) in [7, 11) is 0. The van der Waals surface area contributed by atoms with Crippen LogP contribution in [0.3, 0.4) is 0 Å². The van der Waals surface area contributed by atoms with Crippen molar-refractivity contribution < 1.29 is 5.11 Å². The second-order valence-electron chi connectivity index (χ2n) is 3.01. The van der Waals surface area contributed by atoms with Crippen LogP contribution in [0.4, 0.5) is 0 Å². The molecule has 0 amide bonds. The molecule has 0 saturated heterocycles. The number of aliphatic hydroxyl groups excluding tert-OH is 1. The molecular formula is C11H9ClN2OS. The van der Waals surface area contributed by atoms with Gasteiger partial charge in [-0.3, -0.25) is 0 Å². The summed E-state index contributed by atoms with van der Waals surface area (Å²) in [6.07, 6.45) is 3.36. The van der Waals surface area contributed by atoms with E-state index in [9.17, 15) is 5.11 Å². The first-order valence-corrected chi connectivity index (χ1v) is 5.84. The second kappa shape index (κ2) is 5.30. The Hall–Kier alpha value is -1.10. The summed E-state index contributed by atoms with van der Waals surface area (Å²) in [5, 5.41) is 10.4. The molecule has 1 N–H and O–H groups in total. The number of aliphatic hydroxyl groups is 1. The van der Waals surface area contributed by atoms with Crippen LogP contribution >= 0.6 is 23.4 Å². The molecule has 16 heavy (non-hydrogen) atoms. The average molecular weight is 253 g/mol. The van der Waals surface area contributed by atoms with Gasteiger partial charge in [0, 0.05) is 27.9 Å². The van der Waals surface area contributed by atoms with Gasteiger partial charge < -0.3 is 5.11 Å². The Bertz CT molecular complexity index is 479. The van der Waals surface area contributed by atoms with Crippen LogP contribution in [0.2, 0.25) is 5.02 Å². The van der Waals surface area contributed by atoms with Crippen molar-refractivity contribution in [1.29, 1.82) is 0 Å². The third-order valence-corrected chi connectivity index (χ3v) is 3.33. The summed E-state index contributed by atoms with van der Waals surface area (Å²) in [5.41, 5.74) is 0.710. The van der Waals surface area contributed by atoms with Crippen molar-refractivity contribution in [1.82, 2.24) is 9.97 Å². The number of hydrogen-bond donors (Lipinski definition) is 1. The molecule has 82 valence electrons. The number of rotatable bonds is 3. The van der Waals surface area contributed by atoms with Crippen LogP contribution in [0.25, 0.3) is 0 Å². The fourth-order valence-corrected chi connectivity index (χ4v) is 2.38. The highest BCUT2D eigenvalue weighted by atomic mass is 35.5. The van der Waals surface area contributed by atoms with Gasteiger partial charge in [0.05, 0.1) is 6.61 Å². The molecule has 5 heteroatoms. The van der Waals surface area contributed by atoms with Gasteiger partial charge in [-0.2, -0.15) is 0 Å². The molecule has 1 aromatic heterocycles. The number of aromatic nitrogens is 2. The summed E-state index contributed by atoms with van der Waals surface area (Å²) in [4.78, 5) is 9.09. The number of nitrogens with zero attached hydrogens (tertiary/aromatic N) is 2. The fourth-order valence-electron chi connectivity index (χ4n) is 1.22. The van der Waals surface area contributed by atoms with Gasteiger partial charge in [-0.1, -0.05) is 17.7 Å². The maximum Gasteiger partial charge on any atom is 0.192 e. The summed E-state index contributed by atoms with van der Waals surface area (Å²) < 4.78 is 0. The van der Waals surface area contributed by atoms with Crippen molar-refractivity contribution >= 4 is 23.4 Å². The molecule has 2 aromatic rings. The molecule has 0 bridgehead atoms. The molecule has 0 saturated carbocycles. The molecule has 0 aliphatic heterocycles. The molecule has 0 fully saturated rings. The predicted octanol–water partition coefficient (Wildman–Crippen LogP) is 2.77. The minimum absolute atomic E-state index is 0.0885. The Morgan fingerprint density at radius 1 is 1.19 bits per heavy atom. The van der Waals surface area contributed by atoms with E-state index in [0.29, 0.717) is 15.7 Å². The standard InChI is InChI=1S/C11H9ClN2OS/c12-9-3-1-4-10(8(9)7-15)16-11-13-5-2-6-14-11/h1-6,15H,7H2. The van der Waals surface area contributed by atoms with Crippen LogP contribution < -0.4 is 0 Å². The van der Waals surface area contributed by atoms with E-state index in [1.165, 1.54) is 11.8 Å².